The number of carbonyl (C=O) groups is 2. The van der Waals surface area contributed by atoms with Crippen LogP contribution >= 0.6 is 0 Å². The summed E-state index contributed by atoms with van der Waals surface area (Å²) < 4.78 is 6.88. The number of hydrogen-bond acceptors (Lipinski definition) is 4. The molecule has 2 aromatic heterocycles. The van der Waals surface area contributed by atoms with Crippen LogP contribution in [0.1, 0.15) is 36.9 Å². The van der Waals surface area contributed by atoms with E-state index in [1.165, 1.54) is 22.5 Å². The van der Waals surface area contributed by atoms with Gasteiger partial charge in [-0.3, -0.25) is 14.3 Å². The van der Waals surface area contributed by atoms with Crippen molar-refractivity contribution in [3.8, 4) is 11.3 Å². The minimum Gasteiger partial charge on any atom is -0.480 e. The van der Waals surface area contributed by atoms with Crippen LogP contribution in [0.5, 0.6) is 0 Å². The van der Waals surface area contributed by atoms with Gasteiger partial charge in [-0.1, -0.05) is 45.0 Å². The van der Waals surface area contributed by atoms with Gasteiger partial charge in [0.15, 0.2) is 11.6 Å². The summed E-state index contributed by atoms with van der Waals surface area (Å²) in [6.07, 6.45) is 1.48. The van der Waals surface area contributed by atoms with Crippen molar-refractivity contribution in [1.82, 2.24) is 9.78 Å². The molecule has 3 rings (SSSR count). The Hall–Kier alpha value is -3.35. The van der Waals surface area contributed by atoms with Gasteiger partial charge in [0.25, 0.3) is 5.91 Å². The van der Waals surface area contributed by atoms with Gasteiger partial charge >= 0.3 is 5.97 Å². The van der Waals surface area contributed by atoms with E-state index in [-0.39, 0.29) is 23.5 Å². The third kappa shape index (κ3) is 4.44. The molecule has 0 fully saturated rings. The van der Waals surface area contributed by atoms with Crippen LogP contribution in [0.3, 0.4) is 0 Å². The van der Waals surface area contributed by atoms with E-state index in [4.69, 9.17) is 9.52 Å². The molecule has 0 spiro atoms. The summed E-state index contributed by atoms with van der Waals surface area (Å²) in [7, 11) is 0. The molecule has 7 heteroatoms. The number of carboxylic acid groups (broad SMARTS) is 1. The maximum absolute atomic E-state index is 12.3. The van der Waals surface area contributed by atoms with Gasteiger partial charge in [0, 0.05) is 17.8 Å². The lowest BCUT2D eigenvalue weighted by molar-refractivity contribution is -0.137. The average Bonchev–Trinajstić information content (AvgIpc) is 3.23. The summed E-state index contributed by atoms with van der Waals surface area (Å²) in [6.45, 7) is 6.17. The molecule has 3 aromatic rings. The molecule has 0 atom stereocenters. The summed E-state index contributed by atoms with van der Waals surface area (Å²) in [5.74, 6) is -0.458. The van der Waals surface area contributed by atoms with E-state index in [0.29, 0.717) is 5.76 Å². The predicted octanol–water partition coefficient (Wildman–Crippen LogP) is 3.78. The molecule has 2 N–H and O–H groups in total. The van der Waals surface area contributed by atoms with E-state index in [0.717, 1.165) is 5.56 Å². The largest absolute Gasteiger partial charge is 0.480 e. The fourth-order valence-electron chi connectivity index (χ4n) is 2.58. The number of nitrogens with one attached hydrogen (secondary N) is 1. The number of aliphatic carboxylic acids is 1. The lowest BCUT2D eigenvalue weighted by Crippen LogP contribution is -2.13. The topological polar surface area (TPSA) is 97.4 Å². The molecular formula is C20H21N3O4. The molecular weight excluding hydrogens is 346 g/mol. The molecule has 0 aliphatic heterocycles. The first-order chi connectivity index (χ1) is 12.7. The van der Waals surface area contributed by atoms with Crippen LogP contribution in [0.4, 0.5) is 5.82 Å². The van der Waals surface area contributed by atoms with Gasteiger partial charge in [0.05, 0.1) is 0 Å². The first kappa shape index (κ1) is 18.4. The zero-order valence-electron chi connectivity index (χ0n) is 15.4. The number of benzene rings is 1. The standard InChI is InChI=1S/C20H21N3O4/c1-20(2,3)14-6-4-13(5-7-14)15-8-9-16(27-15)19(26)21-17-10-11-23(22-17)12-18(24)25/h4-11H,12H2,1-3H3,(H,24,25)(H,21,22,26). The highest BCUT2D eigenvalue weighted by Crippen LogP contribution is 2.27. The average molecular weight is 367 g/mol. The molecule has 0 saturated heterocycles. The van der Waals surface area contributed by atoms with E-state index in [2.05, 4.69) is 31.2 Å². The molecule has 0 aliphatic carbocycles. The Morgan fingerprint density at radius 2 is 1.81 bits per heavy atom. The molecule has 0 bridgehead atoms. The molecule has 2 heterocycles. The van der Waals surface area contributed by atoms with Crippen molar-refractivity contribution in [1.29, 1.82) is 0 Å². The molecule has 7 nitrogen and oxygen atoms in total. The third-order valence-corrected chi connectivity index (χ3v) is 4.04. The first-order valence-electron chi connectivity index (χ1n) is 8.50. The SMILES string of the molecule is CC(C)(C)c1ccc(-c2ccc(C(=O)Nc3ccn(CC(=O)O)n3)o2)cc1. The van der Waals surface area contributed by atoms with Gasteiger partial charge in [-0.15, -0.1) is 0 Å². The second kappa shape index (κ2) is 7.11. The highest BCUT2D eigenvalue weighted by Gasteiger charge is 2.16. The van der Waals surface area contributed by atoms with Crippen molar-refractivity contribution >= 4 is 17.7 Å². The number of carbonyl (C=O) groups excluding carboxylic acids is 1. The number of rotatable bonds is 5. The number of amides is 1. The van der Waals surface area contributed by atoms with E-state index >= 15 is 0 Å². The van der Waals surface area contributed by atoms with Crippen molar-refractivity contribution in [2.24, 2.45) is 0 Å². The number of hydrogen-bond donors (Lipinski definition) is 2. The highest BCUT2D eigenvalue weighted by atomic mass is 16.4. The lowest BCUT2D eigenvalue weighted by atomic mass is 9.86. The van der Waals surface area contributed by atoms with Crippen molar-refractivity contribution in [3.05, 3.63) is 60.0 Å². The van der Waals surface area contributed by atoms with Crippen LogP contribution in [0.2, 0.25) is 0 Å². The number of carboxylic acids is 1. The molecule has 27 heavy (non-hydrogen) atoms. The summed E-state index contributed by atoms with van der Waals surface area (Å²) in [5, 5.41) is 15.3. The molecule has 140 valence electrons. The van der Waals surface area contributed by atoms with Crippen molar-refractivity contribution in [3.63, 3.8) is 0 Å². The Morgan fingerprint density at radius 1 is 1.11 bits per heavy atom. The Kier molecular flexibility index (Phi) is 4.85. The van der Waals surface area contributed by atoms with Crippen molar-refractivity contribution < 1.29 is 19.1 Å². The lowest BCUT2D eigenvalue weighted by Gasteiger charge is -2.18. The van der Waals surface area contributed by atoms with Crippen molar-refractivity contribution in [2.75, 3.05) is 5.32 Å². The summed E-state index contributed by atoms with van der Waals surface area (Å²) in [6, 6.07) is 12.9. The normalized spacial score (nSPS) is 11.4. The molecule has 1 aromatic carbocycles. The van der Waals surface area contributed by atoms with Gasteiger partial charge in [-0.2, -0.15) is 5.10 Å². The maximum Gasteiger partial charge on any atom is 0.325 e. The molecule has 0 unspecified atom stereocenters. The summed E-state index contributed by atoms with van der Waals surface area (Å²) in [4.78, 5) is 23.0. The smallest absolute Gasteiger partial charge is 0.325 e. The number of nitrogens with zero attached hydrogens (tertiary/aromatic N) is 2. The Morgan fingerprint density at radius 3 is 2.44 bits per heavy atom. The van der Waals surface area contributed by atoms with Crippen molar-refractivity contribution in [2.45, 2.75) is 32.7 Å². The fraction of sp³-hybridized carbons (Fsp3) is 0.250. The first-order valence-corrected chi connectivity index (χ1v) is 8.50. The Balaban J connectivity index is 1.70. The summed E-state index contributed by atoms with van der Waals surface area (Å²) >= 11 is 0. The van der Waals surface area contributed by atoms with Gasteiger partial charge < -0.3 is 14.8 Å². The van der Waals surface area contributed by atoms with Gasteiger partial charge in [-0.25, -0.2) is 0 Å². The van der Waals surface area contributed by atoms with E-state index < -0.39 is 11.9 Å². The Bertz CT molecular complexity index is 962. The van der Waals surface area contributed by atoms with Crippen LogP contribution in [-0.2, 0) is 16.8 Å². The minimum absolute atomic E-state index is 0.0663. The molecule has 0 saturated carbocycles. The van der Waals surface area contributed by atoms with E-state index in [1.807, 2.05) is 24.3 Å². The zero-order valence-corrected chi connectivity index (χ0v) is 15.4. The number of anilines is 1. The van der Waals surface area contributed by atoms with Crippen LogP contribution in [0.15, 0.2) is 53.1 Å². The monoisotopic (exact) mass is 367 g/mol. The zero-order chi connectivity index (χ0) is 19.6. The van der Waals surface area contributed by atoms with Gasteiger partial charge in [0.1, 0.15) is 12.3 Å². The minimum atomic E-state index is -1.01. The predicted molar refractivity (Wildman–Crippen MR) is 101 cm³/mol. The van der Waals surface area contributed by atoms with Crippen LogP contribution in [0.25, 0.3) is 11.3 Å². The summed E-state index contributed by atoms with van der Waals surface area (Å²) in [5.41, 5.74) is 2.16. The van der Waals surface area contributed by atoms with Crippen LogP contribution < -0.4 is 5.32 Å². The molecule has 0 aliphatic rings. The van der Waals surface area contributed by atoms with E-state index in [9.17, 15) is 9.59 Å². The fourth-order valence-corrected chi connectivity index (χ4v) is 2.58. The second-order valence-electron chi connectivity index (χ2n) is 7.24. The number of furan rings is 1. The quantitative estimate of drug-likeness (QED) is 0.715. The number of aromatic nitrogens is 2. The third-order valence-electron chi connectivity index (χ3n) is 4.04. The maximum atomic E-state index is 12.3. The van der Waals surface area contributed by atoms with Crippen LogP contribution in [0, 0.1) is 0 Å². The van der Waals surface area contributed by atoms with Crippen LogP contribution in [-0.4, -0.2) is 26.8 Å². The molecule has 0 radical (unpaired) electrons. The van der Waals surface area contributed by atoms with E-state index in [1.54, 1.807) is 12.1 Å². The molecule has 1 amide bonds. The highest BCUT2D eigenvalue weighted by molar-refractivity contribution is 6.02. The Labute approximate surface area is 156 Å². The van der Waals surface area contributed by atoms with Gasteiger partial charge in [-0.05, 0) is 23.1 Å². The second-order valence-corrected chi connectivity index (χ2v) is 7.24. The van der Waals surface area contributed by atoms with Gasteiger partial charge in [0.2, 0.25) is 0 Å².